The van der Waals surface area contributed by atoms with Crippen LogP contribution in [-0.2, 0) is 6.54 Å². The van der Waals surface area contributed by atoms with E-state index >= 15 is 0 Å². The molecule has 0 radical (unpaired) electrons. The highest BCUT2D eigenvalue weighted by Crippen LogP contribution is 2.09. The maximum Gasteiger partial charge on any atom is 0.127 e. The first kappa shape index (κ1) is 10.1. The number of halogens is 2. The summed E-state index contributed by atoms with van der Waals surface area (Å²) in [4.78, 5) is 0. The van der Waals surface area contributed by atoms with Crippen molar-refractivity contribution in [1.29, 1.82) is 0 Å². The first-order valence-electron chi connectivity index (χ1n) is 4.27. The molecule has 0 amide bonds. The van der Waals surface area contributed by atoms with E-state index in [4.69, 9.17) is 0 Å². The van der Waals surface area contributed by atoms with Crippen LogP contribution in [0.2, 0.25) is 0 Å². The first-order chi connectivity index (χ1) is 6.09. The topological polar surface area (TPSA) is 12.0 Å². The minimum atomic E-state index is -0.401. The van der Waals surface area contributed by atoms with Gasteiger partial charge in [-0.25, -0.2) is 8.78 Å². The van der Waals surface area contributed by atoms with Crippen LogP contribution < -0.4 is 5.32 Å². The molecule has 72 valence electrons. The maximum absolute atomic E-state index is 13.0. The third-order valence-corrected chi connectivity index (χ3v) is 1.71. The second-order valence-electron chi connectivity index (χ2n) is 3.27. The highest BCUT2D eigenvalue weighted by Gasteiger charge is 2.03. The fourth-order valence-electron chi connectivity index (χ4n) is 0.993. The van der Waals surface area contributed by atoms with Crippen LogP contribution in [-0.4, -0.2) is 6.04 Å². The van der Waals surface area contributed by atoms with Gasteiger partial charge in [0.25, 0.3) is 0 Å². The lowest BCUT2D eigenvalue weighted by Crippen LogP contribution is -2.22. The Morgan fingerprint density at radius 1 is 1.31 bits per heavy atom. The van der Waals surface area contributed by atoms with Gasteiger partial charge in [0.15, 0.2) is 0 Å². The Bertz CT molecular complexity index is 284. The van der Waals surface area contributed by atoms with E-state index in [2.05, 4.69) is 5.32 Å². The summed E-state index contributed by atoms with van der Waals surface area (Å²) in [6, 6.07) is 3.74. The summed E-state index contributed by atoms with van der Waals surface area (Å²) in [7, 11) is 0. The van der Waals surface area contributed by atoms with Gasteiger partial charge in [0.1, 0.15) is 11.6 Å². The van der Waals surface area contributed by atoms with Crippen molar-refractivity contribution in [3.8, 4) is 0 Å². The average Bonchev–Trinajstić information content (AvgIpc) is 2.06. The zero-order valence-corrected chi connectivity index (χ0v) is 7.77. The smallest absolute Gasteiger partial charge is 0.127 e. The molecular formula is C10H13F2N. The van der Waals surface area contributed by atoms with Crippen molar-refractivity contribution in [2.45, 2.75) is 26.4 Å². The Hall–Kier alpha value is -0.960. The summed E-state index contributed by atoms with van der Waals surface area (Å²) in [5.41, 5.74) is 0.369. The van der Waals surface area contributed by atoms with E-state index in [1.807, 2.05) is 13.8 Å². The molecule has 0 unspecified atom stereocenters. The Labute approximate surface area is 76.8 Å². The summed E-state index contributed by atoms with van der Waals surface area (Å²) < 4.78 is 25.7. The molecule has 0 saturated heterocycles. The van der Waals surface area contributed by atoms with Gasteiger partial charge in [-0.05, 0) is 18.2 Å². The Kier molecular flexibility index (Phi) is 3.37. The third kappa shape index (κ3) is 3.11. The monoisotopic (exact) mass is 185 g/mol. The van der Waals surface area contributed by atoms with Crippen molar-refractivity contribution < 1.29 is 8.78 Å². The molecule has 0 spiro atoms. The SMILES string of the molecule is CC(C)NCc1cc(F)ccc1F. The Morgan fingerprint density at radius 2 is 2.00 bits per heavy atom. The van der Waals surface area contributed by atoms with Crippen LogP contribution in [0.5, 0.6) is 0 Å². The summed E-state index contributed by atoms with van der Waals surface area (Å²) in [6.45, 7) is 4.27. The van der Waals surface area contributed by atoms with E-state index in [1.54, 1.807) is 0 Å². The van der Waals surface area contributed by atoms with Gasteiger partial charge in [0.2, 0.25) is 0 Å². The standard InChI is InChI=1S/C10H13F2N/c1-7(2)13-6-8-5-9(11)3-4-10(8)12/h3-5,7,13H,6H2,1-2H3. The Balaban J connectivity index is 2.70. The molecule has 0 heterocycles. The van der Waals surface area contributed by atoms with Crippen molar-refractivity contribution in [1.82, 2.24) is 5.32 Å². The third-order valence-electron chi connectivity index (χ3n) is 1.71. The number of rotatable bonds is 3. The normalized spacial score (nSPS) is 10.8. The fourth-order valence-corrected chi connectivity index (χ4v) is 0.993. The summed E-state index contributed by atoms with van der Waals surface area (Å²) >= 11 is 0. The van der Waals surface area contributed by atoms with Crippen LogP contribution in [0.25, 0.3) is 0 Å². The lowest BCUT2D eigenvalue weighted by molar-refractivity contribution is 0.543. The number of hydrogen-bond acceptors (Lipinski definition) is 1. The largest absolute Gasteiger partial charge is 0.310 e. The van der Waals surface area contributed by atoms with Crippen LogP contribution in [0.15, 0.2) is 18.2 Å². The van der Waals surface area contributed by atoms with E-state index in [1.165, 1.54) is 6.07 Å². The van der Waals surface area contributed by atoms with E-state index in [0.29, 0.717) is 12.1 Å². The molecule has 1 N–H and O–H groups in total. The van der Waals surface area contributed by atoms with Crippen LogP contribution in [0.3, 0.4) is 0 Å². The van der Waals surface area contributed by atoms with Crippen LogP contribution in [0.1, 0.15) is 19.4 Å². The van der Waals surface area contributed by atoms with E-state index in [-0.39, 0.29) is 11.9 Å². The molecule has 0 aliphatic rings. The average molecular weight is 185 g/mol. The van der Waals surface area contributed by atoms with Gasteiger partial charge in [-0.3, -0.25) is 0 Å². The summed E-state index contributed by atoms with van der Waals surface area (Å²) in [6.07, 6.45) is 0. The molecule has 3 heteroatoms. The van der Waals surface area contributed by atoms with Gasteiger partial charge in [-0.15, -0.1) is 0 Å². The predicted molar refractivity (Wildman–Crippen MR) is 48.3 cm³/mol. The maximum atomic E-state index is 13.0. The molecule has 0 bridgehead atoms. The zero-order chi connectivity index (χ0) is 9.84. The number of benzene rings is 1. The lowest BCUT2D eigenvalue weighted by Gasteiger charge is -2.08. The van der Waals surface area contributed by atoms with Crippen molar-refractivity contribution in [3.05, 3.63) is 35.4 Å². The molecule has 0 aromatic heterocycles. The predicted octanol–water partition coefficient (Wildman–Crippen LogP) is 2.46. The minimum Gasteiger partial charge on any atom is -0.310 e. The molecule has 0 aliphatic heterocycles. The second-order valence-corrected chi connectivity index (χ2v) is 3.27. The molecule has 1 aromatic carbocycles. The molecular weight excluding hydrogens is 172 g/mol. The van der Waals surface area contributed by atoms with Gasteiger partial charge >= 0.3 is 0 Å². The number of hydrogen-bond donors (Lipinski definition) is 1. The van der Waals surface area contributed by atoms with Crippen molar-refractivity contribution in [2.24, 2.45) is 0 Å². The van der Waals surface area contributed by atoms with Crippen molar-refractivity contribution >= 4 is 0 Å². The van der Waals surface area contributed by atoms with Gasteiger partial charge < -0.3 is 5.32 Å². The Morgan fingerprint density at radius 3 is 2.62 bits per heavy atom. The number of nitrogens with one attached hydrogen (secondary N) is 1. The minimum absolute atomic E-state index is 0.266. The second kappa shape index (κ2) is 4.33. The summed E-state index contributed by atoms with van der Waals surface area (Å²) in [5.74, 6) is -0.767. The highest BCUT2D eigenvalue weighted by atomic mass is 19.1. The van der Waals surface area contributed by atoms with E-state index in [9.17, 15) is 8.78 Å². The van der Waals surface area contributed by atoms with Gasteiger partial charge in [0.05, 0.1) is 0 Å². The zero-order valence-electron chi connectivity index (χ0n) is 7.77. The van der Waals surface area contributed by atoms with Gasteiger partial charge in [-0.2, -0.15) is 0 Å². The molecule has 1 aromatic rings. The molecule has 0 atom stereocenters. The van der Waals surface area contributed by atoms with E-state index in [0.717, 1.165) is 12.1 Å². The highest BCUT2D eigenvalue weighted by molar-refractivity contribution is 5.18. The molecule has 0 aliphatic carbocycles. The molecule has 0 saturated carbocycles. The van der Waals surface area contributed by atoms with E-state index < -0.39 is 5.82 Å². The van der Waals surface area contributed by atoms with Gasteiger partial charge in [0, 0.05) is 18.2 Å². The van der Waals surface area contributed by atoms with Crippen LogP contribution >= 0.6 is 0 Å². The fraction of sp³-hybridized carbons (Fsp3) is 0.400. The first-order valence-corrected chi connectivity index (χ1v) is 4.27. The van der Waals surface area contributed by atoms with Crippen molar-refractivity contribution in [3.63, 3.8) is 0 Å². The molecule has 1 rings (SSSR count). The lowest BCUT2D eigenvalue weighted by atomic mass is 10.2. The molecule has 1 nitrogen and oxygen atoms in total. The van der Waals surface area contributed by atoms with Crippen LogP contribution in [0.4, 0.5) is 8.78 Å². The molecule has 0 fully saturated rings. The van der Waals surface area contributed by atoms with Crippen molar-refractivity contribution in [2.75, 3.05) is 0 Å². The molecule has 13 heavy (non-hydrogen) atoms. The van der Waals surface area contributed by atoms with Crippen LogP contribution in [0, 0.1) is 11.6 Å². The van der Waals surface area contributed by atoms with Gasteiger partial charge in [-0.1, -0.05) is 13.8 Å². The summed E-state index contributed by atoms with van der Waals surface area (Å²) in [5, 5.41) is 3.02. The quantitative estimate of drug-likeness (QED) is 0.762.